The van der Waals surface area contributed by atoms with Crippen LogP contribution in [0.2, 0.25) is 0 Å². The van der Waals surface area contributed by atoms with Crippen LogP contribution in [-0.2, 0) is 14.3 Å². The monoisotopic (exact) mass is 378 g/mol. The Bertz CT molecular complexity index is 635. The Morgan fingerprint density at radius 2 is 2.04 bits per heavy atom. The molecule has 0 aromatic carbocycles. The molecule has 4 atom stereocenters. The van der Waals surface area contributed by atoms with Gasteiger partial charge in [-0.05, 0) is 73.8 Å². The zero-order valence-corrected chi connectivity index (χ0v) is 17.1. The number of aliphatic carboxylic acids is 1. The minimum atomic E-state index is -0.707. The topological polar surface area (TPSA) is 83.8 Å². The first-order valence-corrected chi connectivity index (χ1v) is 9.97. The maximum Gasteiger partial charge on any atom is 0.307 e. The number of fused-ring (bicyclic) bond motifs is 1. The fraction of sp³-hybridized carbons (Fsp3) is 0.727. The van der Waals surface area contributed by atoms with Gasteiger partial charge >= 0.3 is 11.9 Å². The van der Waals surface area contributed by atoms with Crippen LogP contribution in [0, 0.1) is 22.7 Å². The Morgan fingerprint density at radius 1 is 1.33 bits per heavy atom. The van der Waals surface area contributed by atoms with E-state index in [1.807, 2.05) is 0 Å². The number of esters is 1. The Kier molecular flexibility index (Phi) is 6.90. The molecule has 2 rings (SSSR count). The molecule has 1 saturated carbocycles. The molecule has 2 aliphatic rings. The molecule has 0 aromatic heterocycles. The lowest BCUT2D eigenvalue weighted by molar-refractivity contribution is -0.156. The summed E-state index contributed by atoms with van der Waals surface area (Å²) in [5.74, 6) is -1.11. The fourth-order valence-corrected chi connectivity index (χ4v) is 5.45. The molecule has 0 saturated heterocycles. The SMILES string of the molecule is CC(=O)OCC=C(CO)CCC1(C)C(C(=O)O)CCC2(C)C(C)=CCCC21. The van der Waals surface area contributed by atoms with Crippen molar-refractivity contribution in [2.75, 3.05) is 13.2 Å². The van der Waals surface area contributed by atoms with Gasteiger partial charge in [0.25, 0.3) is 0 Å². The highest BCUT2D eigenvalue weighted by Crippen LogP contribution is 2.62. The van der Waals surface area contributed by atoms with E-state index in [-0.39, 0.29) is 35.9 Å². The van der Waals surface area contributed by atoms with E-state index in [1.165, 1.54) is 12.5 Å². The Balaban J connectivity index is 2.24. The molecular formula is C22H34O5. The average Bonchev–Trinajstić information content (AvgIpc) is 2.59. The number of rotatable bonds is 7. The Morgan fingerprint density at radius 3 is 2.63 bits per heavy atom. The molecule has 5 nitrogen and oxygen atoms in total. The number of aliphatic hydroxyl groups excluding tert-OH is 1. The van der Waals surface area contributed by atoms with Gasteiger partial charge in [0.05, 0.1) is 12.5 Å². The first-order valence-electron chi connectivity index (χ1n) is 9.97. The molecule has 0 spiro atoms. The van der Waals surface area contributed by atoms with Crippen LogP contribution in [0.1, 0.15) is 66.2 Å². The van der Waals surface area contributed by atoms with Crippen molar-refractivity contribution in [3.63, 3.8) is 0 Å². The minimum Gasteiger partial charge on any atom is -0.481 e. The summed E-state index contributed by atoms with van der Waals surface area (Å²) in [6, 6.07) is 0. The Hall–Kier alpha value is -1.62. The number of aliphatic hydroxyl groups is 1. The summed E-state index contributed by atoms with van der Waals surface area (Å²) in [5, 5.41) is 19.6. The molecule has 0 heterocycles. The van der Waals surface area contributed by atoms with Gasteiger partial charge in [-0.15, -0.1) is 0 Å². The van der Waals surface area contributed by atoms with Crippen molar-refractivity contribution in [1.82, 2.24) is 0 Å². The van der Waals surface area contributed by atoms with Gasteiger partial charge < -0.3 is 14.9 Å². The summed E-state index contributed by atoms with van der Waals surface area (Å²) >= 11 is 0. The van der Waals surface area contributed by atoms with Crippen LogP contribution in [0.25, 0.3) is 0 Å². The van der Waals surface area contributed by atoms with Gasteiger partial charge in [-0.3, -0.25) is 9.59 Å². The van der Waals surface area contributed by atoms with Crippen LogP contribution in [0.5, 0.6) is 0 Å². The molecule has 2 N–H and O–H groups in total. The van der Waals surface area contributed by atoms with Gasteiger partial charge in [0.15, 0.2) is 0 Å². The van der Waals surface area contributed by atoms with Crippen molar-refractivity contribution in [2.45, 2.75) is 66.2 Å². The van der Waals surface area contributed by atoms with Crippen LogP contribution in [0.4, 0.5) is 0 Å². The number of carboxylic acid groups (broad SMARTS) is 1. The Labute approximate surface area is 162 Å². The quantitative estimate of drug-likeness (QED) is 0.514. The number of hydrogen-bond donors (Lipinski definition) is 2. The van der Waals surface area contributed by atoms with Crippen molar-refractivity contribution < 1.29 is 24.5 Å². The van der Waals surface area contributed by atoms with E-state index in [9.17, 15) is 19.8 Å². The normalized spacial score (nSPS) is 33.8. The smallest absolute Gasteiger partial charge is 0.307 e. The second-order valence-electron chi connectivity index (χ2n) is 8.69. The highest BCUT2D eigenvalue weighted by molar-refractivity contribution is 5.71. The molecule has 2 aliphatic carbocycles. The second kappa shape index (κ2) is 8.59. The summed E-state index contributed by atoms with van der Waals surface area (Å²) in [5.41, 5.74) is 1.92. The number of carboxylic acids is 1. The van der Waals surface area contributed by atoms with Gasteiger partial charge in [-0.1, -0.05) is 25.5 Å². The number of hydrogen-bond acceptors (Lipinski definition) is 4. The number of allylic oxidation sites excluding steroid dienone is 2. The molecular weight excluding hydrogens is 344 g/mol. The summed E-state index contributed by atoms with van der Waals surface area (Å²) < 4.78 is 4.94. The van der Waals surface area contributed by atoms with Crippen LogP contribution < -0.4 is 0 Å². The predicted octanol–water partition coefficient (Wildman–Crippen LogP) is 4.11. The van der Waals surface area contributed by atoms with Gasteiger partial charge in [-0.2, -0.15) is 0 Å². The number of carbonyl (C=O) groups excluding carboxylic acids is 1. The molecule has 0 aromatic rings. The summed E-state index contributed by atoms with van der Waals surface area (Å²) in [6.07, 6.45) is 9.02. The van der Waals surface area contributed by atoms with Gasteiger partial charge in [0.2, 0.25) is 0 Å². The fourth-order valence-electron chi connectivity index (χ4n) is 5.45. The van der Waals surface area contributed by atoms with Gasteiger partial charge in [0.1, 0.15) is 6.61 Å². The van der Waals surface area contributed by atoms with E-state index in [4.69, 9.17) is 4.74 Å². The lowest BCUT2D eigenvalue weighted by Gasteiger charge is -2.57. The molecule has 27 heavy (non-hydrogen) atoms. The summed E-state index contributed by atoms with van der Waals surface area (Å²) in [6.45, 7) is 8.01. The maximum atomic E-state index is 12.1. The highest BCUT2D eigenvalue weighted by Gasteiger charge is 2.56. The van der Waals surface area contributed by atoms with Gasteiger partial charge in [0, 0.05) is 6.92 Å². The van der Waals surface area contributed by atoms with E-state index < -0.39 is 5.97 Å². The minimum absolute atomic E-state index is 0.0553. The van der Waals surface area contributed by atoms with Crippen LogP contribution >= 0.6 is 0 Å². The molecule has 152 valence electrons. The standard InChI is InChI=1S/C22H34O5/c1-15-6-5-7-19-21(15,3)12-9-18(20(25)26)22(19,4)11-8-17(14-23)10-13-27-16(2)24/h6,10,18-19,23H,5,7-9,11-14H2,1-4H3,(H,25,26). The highest BCUT2D eigenvalue weighted by atomic mass is 16.5. The zero-order chi connectivity index (χ0) is 20.2. The van der Waals surface area contributed by atoms with E-state index in [0.29, 0.717) is 25.2 Å². The molecule has 0 radical (unpaired) electrons. The maximum absolute atomic E-state index is 12.1. The molecule has 0 bridgehead atoms. The lowest BCUT2D eigenvalue weighted by atomic mass is 9.46. The first kappa shape index (κ1) is 21.7. The van der Waals surface area contributed by atoms with E-state index in [0.717, 1.165) is 24.8 Å². The van der Waals surface area contributed by atoms with Gasteiger partial charge in [-0.25, -0.2) is 0 Å². The van der Waals surface area contributed by atoms with Crippen LogP contribution in [-0.4, -0.2) is 35.4 Å². The third-order valence-corrected chi connectivity index (χ3v) is 7.26. The van der Waals surface area contributed by atoms with Crippen LogP contribution in [0.15, 0.2) is 23.3 Å². The number of ether oxygens (including phenoxy) is 1. The van der Waals surface area contributed by atoms with E-state index in [1.54, 1.807) is 6.08 Å². The second-order valence-corrected chi connectivity index (χ2v) is 8.69. The van der Waals surface area contributed by atoms with Crippen molar-refractivity contribution in [2.24, 2.45) is 22.7 Å². The molecule has 0 aliphatic heterocycles. The first-order chi connectivity index (χ1) is 12.6. The third kappa shape index (κ3) is 4.45. The number of carbonyl (C=O) groups is 2. The third-order valence-electron chi connectivity index (χ3n) is 7.26. The molecule has 5 heteroatoms. The predicted molar refractivity (Wildman–Crippen MR) is 104 cm³/mol. The molecule has 1 fully saturated rings. The zero-order valence-electron chi connectivity index (χ0n) is 17.1. The van der Waals surface area contributed by atoms with Crippen molar-refractivity contribution in [3.05, 3.63) is 23.3 Å². The van der Waals surface area contributed by atoms with E-state index in [2.05, 4.69) is 26.8 Å². The van der Waals surface area contributed by atoms with E-state index >= 15 is 0 Å². The largest absolute Gasteiger partial charge is 0.481 e. The van der Waals surface area contributed by atoms with Crippen molar-refractivity contribution in [3.8, 4) is 0 Å². The van der Waals surface area contributed by atoms with Crippen molar-refractivity contribution >= 4 is 11.9 Å². The van der Waals surface area contributed by atoms with Crippen molar-refractivity contribution in [1.29, 1.82) is 0 Å². The summed E-state index contributed by atoms with van der Waals surface area (Å²) in [7, 11) is 0. The summed E-state index contributed by atoms with van der Waals surface area (Å²) in [4.78, 5) is 23.0. The average molecular weight is 379 g/mol. The molecule has 0 amide bonds. The van der Waals surface area contributed by atoms with Crippen LogP contribution in [0.3, 0.4) is 0 Å². The lowest BCUT2D eigenvalue weighted by Crippen LogP contribution is -2.52. The molecule has 4 unspecified atom stereocenters.